The predicted molar refractivity (Wildman–Crippen MR) is 232 cm³/mol. The molecule has 0 atom stereocenters. The quantitative estimate of drug-likeness (QED) is 0.139. The summed E-state index contributed by atoms with van der Waals surface area (Å²) in [5, 5.41) is 4.92. The minimum Gasteiger partial charge on any atom is -0.311 e. The van der Waals surface area contributed by atoms with E-state index < -0.39 is 0 Å². The summed E-state index contributed by atoms with van der Waals surface area (Å²) in [5.41, 5.74) is 11.5. The van der Waals surface area contributed by atoms with Crippen molar-refractivity contribution in [1.82, 2.24) is 0 Å². The molecular weight excluding hydrogens is 653 g/mol. The third-order valence-electron chi connectivity index (χ3n) is 10.0. The van der Waals surface area contributed by atoms with E-state index in [9.17, 15) is 0 Å². The molecule has 256 valence electrons. The Morgan fingerprint density at radius 2 is 0.556 bits per heavy atom. The number of hydrogen-bond donors (Lipinski definition) is 0. The Morgan fingerprint density at radius 3 is 1.02 bits per heavy atom. The van der Waals surface area contributed by atoms with Crippen LogP contribution in [0.25, 0.3) is 44.8 Å². The van der Waals surface area contributed by atoms with Crippen molar-refractivity contribution in [3.8, 4) is 11.1 Å². The summed E-state index contributed by atoms with van der Waals surface area (Å²) in [6.45, 7) is 0. The lowest BCUT2D eigenvalue weighted by atomic mass is 10.0. The molecule has 0 saturated carbocycles. The molecule has 9 aromatic carbocycles. The highest BCUT2D eigenvalue weighted by molar-refractivity contribution is 5.92. The molecule has 2 heteroatoms. The second-order valence-corrected chi connectivity index (χ2v) is 13.5. The average Bonchev–Trinajstić information content (AvgIpc) is 3.25. The van der Waals surface area contributed by atoms with Gasteiger partial charge >= 0.3 is 0 Å². The van der Waals surface area contributed by atoms with Crippen molar-refractivity contribution >= 4 is 67.8 Å². The highest BCUT2D eigenvalue weighted by Crippen LogP contribution is 2.38. The van der Waals surface area contributed by atoms with Gasteiger partial charge < -0.3 is 9.80 Å². The summed E-state index contributed by atoms with van der Waals surface area (Å²) in [6, 6.07) is 78.0. The Labute approximate surface area is 317 Å². The molecule has 0 amide bonds. The van der Waals surface area contributed by atoms with Gasteiger partial charge in [0.05, 0.1) is 0 Å². The number of fused-ring (bicyclic) bond motifs is 2. The average molecular weight is 691 g/mol. The molecule has 0 saturated heterocycles. The predicted octanol–water partition coefficient (Wildman–Crippen LogP) is 14.8. The maximum Gasteiger partial charge on any atom is 0.0468 e. The number of benzene rings is 9. The van der Waals surface area contributed by atoms with Gasteiger partial charge in [-0.3, -0.25) is 0 Å². The largest absolute Gasteiger partial charge is 0.311 e. The number of nitrogens with zero attached hydrogens (tertiary/aromatic N) is 2. The van der Waals surface area contributed by atoms with E-state index in [1.165, 1.54) is 32.7 Å². The molecule has 0 heterocycles. The molecule has 0 spiro atoms. The van der Waals surface area contributed by atoms with Crippen LogP contribution in [0.4, 0.5) is 34.1 Å². The van der Waals surface area contributed by atoms with Crippen LogP contribution in [0.3, 0.4) is 0 Å². The molecule has 0 bridgehead atoms. The SMILES string of the molecule is C(=C\c1ccc(N(c2ccc3ccccc3c2)c2ccc3ccccc3c2)cc1)/c1ccc(-c2ccc(N(c3ccccc3)c3ccccc3)cc2)cc1. The highest BCUT2D eigenvalue weighted by Gasteiger charge is 2.14. The van der Waals surface area contributed by atoms with Gasteiger partial charge in [-0.25, -0.2) is 0 Å². The Hall–Kier alpha value is -7.16. The first-order valence-corrected chi connectivity index (χ1v) is 18.4. The lowest BCUT2D eigenvalue weighted by Gasteiger charge is -2.26. The number of anilines is 6. The van der Waals surface area contributed by atoms with Crippen LogP contribution in [0, 0.1) is 0 Å². The van der Waals surface area contributed by atoms with Gasteiger partial charge in [0.1, 0.15) is 0 Å². The molecule has 0 unspecified atom stereocenters. The number of para-hydroxylation sites is 2. The van der Waals surface area contributed by atoms with E-state index in [-0.39, 0.29) is 0 Å². The van der Waals surface area contributed by atoms with Gasteiger partial charge in [0.15, 0.2) is 0 Å². The van der Waals surface area contributed by atoms with Crippen LogP contribution in [-0.4, -0.2) is 0 Å². The first-order chi connectivity index (χ1) is 26.7. The molecule has 9 aromatic rings. The normalized spacial score (nSPS) is 11.3. The zero-order chi connectivity index (χ0) is 36.1. The summed E-state index contributed by atoms with van der Waals surface area (Å²) in [5.74, 6) is 0. The first-order valence-electron chi connectivity index (χ1n) is 18.4. The van der Waals surface area contributed by atoms with E-state index >= 15 is 0 Å². The molecule has 0 N–H and O–H groups in total. The minimum atomic E-state index is 1.11. The maximum absolute atomic E-state index is 2.35. The summed E-state index contributed by atoms with van der Waals surface area (Å²) in [7, 11) is 0. The Bertz CT molecular complexity index is 2560. The minimum absolute atomic E-state index is 1.11. The Morgan fingerprint density at radius 1 is 0.241 bits per heavy atom. The molecule has 0 aromatic heterocycles. The van der Waals surface area contributed by atoms with Crippen LogP contribution >= 0.6 is 0 Å². The first kappa shape index (κ1) is 32.7. The highest BCUT2D eigenvalue weighted by atomic mass is 15.1. The lowest BCUT2D eigenvalue weighted by molar-refractivity contribution is 1.28. The van der Waals surface area contributed by atoms with Crippen molar-refractivity contribution in [3.05, 3.63) is 230 Å². The summed E-state index contributed by atoms with van der Waals surface area (Å²) in [4.78, 5) is 4.63. The van der Waals surface area contributed by atoms with Crippen LogP contribution < -0.4 is 9.80 Å². The van der Waals surface area contributed by atoms with E-state index in [1.807, 2.05) is 0 Å². The van der Waals surface area contributed by atoms with Gasteiger partial charge in [-0.15, -0.1) is 0 Å². The van der Waals surface area contributed by atoms with E-state index in [0.29, 0.717) is 0 Å². The second-order valence-electron chi connectivity index (χ2n) is 13.5. The van der Waals surface area contributed by atoms with Crippen molar-refractivity contribution in [3.63, 3.8) is 0 Å². The van der Waals surface area contributed by atoms with Crippen LogP contribution in [-0.2, 0) is 0 Å². The van der Waals surface area contributed by atoms with E-state index in [1.54, 1.807) is 0 Å². The standard InChI is InChI=1S/C52H38N2/c1-3-15-47(16-4-1)53(48-17-5-2-6-18-48)50-33-27-44(28-34-50)43-25-21-39(22-26-43)19-20-40-23-31-49(32-24-40)54(51-35-29-41-11-7-9-13-45(41)37-51)52-36-30-42-12-8-10-14-46(42)38-52/h1-38H/b20-19+. The molecule has 0 aliphatic carbocycles. The van der Waals surface area contributed by atoms with Gasteiger partial charge in [0.25, 0.3) is 0 Å². The summed E-state index contributed by atoms with van der Waals surface area (Å²) in [6.07, 6.45) is 4.37. The fourth-order valence-corrected chi connectivity index (χ4v) is 7.20. The Balaban J connectivity index is 0.943. The van der Waals surface area contributed by atoms with Crippen molar-refractivity contribution in [2.75, 3.05) is 9.80 Å². The van der Waals surface area contributed by atoms with Crippen molar-refractivity contribution < 1.29 is 0 Å². The fourth-order valence-electron chi connectivity index (χ4n) is 7.20. The smallest absolute Gasteiger partial charge is 0.0468 e. The number of rotatable bonds is 9. The molecule has 0 fully saturated rings. The van der Waals surface area contributed by atoms with Crippen molar-refractivity contribution in [1.29, 1.82) is 0 Å². The topological polar surface area (TPSA) is 6.48 Å². The van der Waals surface area contributed by atoms with Crippen molar-refractivity contribution in [2.45, 2.75) is 0 Å². The van der Waals surface area contributed by atoms with Gasteiger partial charge in [-0.1, -0.05) is 158 Å². The lowest BCUT2D eigenvalue weighted by Crippen LogP contribution is -2.09. The van der Waals surface area contributed by atoms with Crippen LogP contribution in [0.2, 0.25) is 0 Å². The summed E-state index contributed by atoms with van der Waals surface area (Å²) >= 11 is 0. The third-order valence-corrected chi connectivity index (χ3v) is 10.0. The summed E-state index contributed by atoms with van der Waals surface area (Å²) < 4.78 is 0. The van der Waals surface area contributed by atoms with Gasteiger partial charge in [0, 0.05) is 34.1 Å². The van der Waals surface area contributed by atoms with Crippen LogP contribution in [0.15, 0.2) is 218 Å². The van der Waals surface area contributed by atoms with Gasteiger partial charge in [-0.05, 0) is 117 Å². The molecule has 0 radical (unpaired) electrons. The number of hydrogen-bond acceptors (Lipinski definition) is 2. The molecular formula is C52H38N2. The Kier molecular flexibility index (Phi) is 8.99. The maximum atomic E-state index is 2.35. The van der Waals surface area contributed by atoms with Crippen LogP contribution in [0.1, 0.15) is 11.1 Å². The van der Waals surface area contributed by atoms with Gasteiger partial charge in [-0.2, -0.15) is 0 Å². The fraction of sp³-hybridized carbons (Fsp3) is 0. The molecule has 54 heavy (non-hydrogen) atoms. The zero-order valence-electron chi connectivity index (χ0n) is 29.8. The molecule has 0 aliphatic heterocycles. The molecule has 9 rings (SSSR count). The molecule has 2 nitrogen and oxygen atoms in total. The van der Waals surface area contributed by atoms with Gasteiger partial charge in [0.2, 0.25) is 0 Å². The molecule has 0 aliphatic rings. The van der Waals surface area contributed by atoms with E-state index in [2.05, 4.69) is 240 Å². The van der Waals surface area contributed by atoms with E-state index in [0.717, 1.165) is 45.3 Å². The monoisotopic (exact) mass is 690 g/mol. The third kappa shape index (κ3) is 6.89. The second kappa shape index (κ2) is 14.8. The zero-order valence-corrected chi connectivity index (χ0v) is 29.8. The van der Waals surface area contributed by atoms with Crippen molar-refractivity contribution in [2.24, 2.45) is 0 Å². The van der Waals surface area contributed by atoms with E-state index in [4.69, 9.17) is 0 Å². The van der Waals surface area contributed by atoms with Crippen LogP contribution in [0.5, 0.6) is 0 Å².